The minimum absolute atomic E-state index is 0.139. The van der Waals surface area contributed by atoms with Crippen molar-refractivity contribution in [1.82, 2.24) is 5.32 Å². The van der Waals surface area contributed by atoms with E-state index in [1.807, 2.05) is 0 Å². The fraction of sp³-hybridized carbons (Fsp3) is 0.611. The molecular weight excluding hydrogens is 246 g/mol. The standard InChI is InChI=1S/C18H23NO/c1-18(2)10-13-5-3-4-6-14(13)15-11-7-8-12(9-11)16(15)17(20)19-18/h3-6,11-12,15-16H,7-10H2,1-2H3,(H,19,20)/t11-,12+,15?,16?/m1/s1. The molecule has 1 heterocycles. The summed E-state index contributed by atoms with van der Waals surface area (Å²) in [5.74, 6) is 2.35. The Morgan fingerprint density at radius 3 is 2.60 bits per heavy atom. The van der Waals surface area contributed by atoms with E-state index in [1.54, 1.807) is 0 Å². The molecule has 4 rings (SSSR count). The van der Waals surface area contributed by atoms with Gasteiger partial charge in [-0.15, -0.1) is 0 Å². The third-order valence-corrected chi connectivity index (χ3v) is 5.73. The topological polar surface area (TPSA) is 29.1 Å². The van der Waals surface area contributed by atoms with Gasteiger partial charge in [-0.25, -0.2) is 0 Å². The van der Waals surface area contributed by atoms with Gasteiger partial charge in [0.1, 0.15) is 0 Å². The number of carbonyl (C=O) groups is 1. The van der Waals surface area contributed by atoms with E-state index in [-0.39, 0.29) is 11.5 Å². The van der Waals surface area contributed by atoms with Gasteiger partial charge in [0.15, 0.2) is 0 Å². The van der Waals surface area contributed by atoms with Gasteiger partial charge in [0, 0.05) is 11.5 Å². The van der Waals surface area contributed by atoms with Crippen LogP contribution in [0.5, 0.6) is 0 Å². The van der Waals surface area contributed by atoms with Crippen molar-refractivity contribution in [1.29, 1.82) is 0 Å². The second-order valence-electron chi connectivity index (χ2n) is 7.63. The Kier molecular flexibility index (Phi) is 2.55. The molecule has 2 unspecified atom stereocenters. The molecule has 1 aliphatic heterocycles. The number of fused-ring (bicyclic) bond motifs is 7. The first-order valence-corrected chi connectivity index (χ1v) is 7.95. The minimum atomic E-state index is -0.139. The summed E-state index contributed by atoms with van der Waals surface area (Å²) in [4.78, 5) is 12.8. The van der Waals surface area contributed by atoms with Crippen LogP contribution in [0.4, 0.5) is 0 Å². The summed E-state index contributed by atoms with van der Waals surface area (Å²) < 4.78 is 0. The molecule has 106 valence electrons. The highest BCUT2D eigenvalue weighted by Gasteiger charge is 2.53. The van der Waals surface area contributed by atoms with E-state index in [0.29, 0.717) is 17.7 Å². The van der Waals surface area contributed by atoms with E-state index < -0.39 is 0 Å². The van der Waals surface area contributed by atoms with Crippen molar-refractivity contribution in [3.8, 4) is 0 Å². The molecule has 1 amide bonds. The van der Waals surface area contributed by atoms with E-state index in [2.05, 4.69) is 43.4 Å². The molecule has 0 spiro atoms. The Balaban J connectivity index is 1.86. The zero-order valence-corrected chi connectivity index (χ0v) is 12.4. The van der Waals surface area contributed by atoms with Crippen LogP contribution < -0.4 is 5.32 Å². The van der Waals surface area contributed by atoms with Gasteiger partial charge >= 0.3 is 0 Å². The average molecular weight is 269 g/mol. The quantitative estimate of drug-likeness (QED) is 0.769. The first-order chi connectivity index (χ1) is 9.55. The van der Waals surface area contributed by atoms with E-state index >= 15 is 0 Å². The first kappa shape index (κ1) is 12.4. The highest BCUT2D eigenvalue weighted by atomic mass is 16.2. The summed E-state index contributed by atoms with van der Waals surface area (Å²) in [6, 6.07) is 8.83. The number of carbonyl (C=O) groups excluding carboxylic acids is 1. The van der Waals surface area contributed by atoms with Gasteiger partial charge in [-0.3, -0.25) is 4.79 Å². The number of nitrogens with one attached hydrogen (secondary N) is 1. The Morgan fingerprint density at radius 1 is 1.10 bits per heavy atom. The monoisotopic (exact) mass is 269 g/mol. The fourth-order valence-electron chi connectivity index (χ4n) is 5.07. The molecule has 4 atom stereocenters. The maximum Gasteiger partial charge on any atom is 0.224 e. The lowest BCUT2D eigenvalue weighted by Crippen LogP contribution is -2.51. The molecule has 2 nitrogen and oxygen atoms in total. The highest BCUT2D eigenvalue weighted by molar-refractivity contribution is 5.82. The largest absolute Gasteiger partial charge is 0.351 e. The highest BCUT2D eigenvalue weighted by Crippen LogP contribution is 2.57. The number of rotatable bonds is 0. The Morgan fingerprint density at radius 2 is 1.80 bits per heavy atom. The SMILES string of the molecule is CC1(C)Cc2ccccc2C2C(C(=O)N1)[C@H]1CC[C@@H]2C1. The zero-order chi connectivity index (χ0) is 13.9. The van der Waals surface area contributed by atoms with E-state index in [4.69, 9.17) is 0 Å². The Labute approximate surface area is 121 Å². The van der Waals surface area contributed by atoms with E-state index in [0.717, 1.165) is 12.3 Å². The van der Waals surface area contributed by atoms with E-state index in [1.165, 1.54) is 30.4 Å². The predicted octanol–water partition coefficient (Wildman–Crippen LogP) is 3.27. The molecule has 0 saturated heterocycles. The van der Waals surface area contributed by atoms with Crippen LogP contribution in [0.25, 0.3) is 0 Å². The summed E-state index contributed by atoms with van der Waals surface area (Å²) >= 11 is 0. The van der Waals surface area contributed by atoms with Crippen molar-refractivity contribution < 1.29 is 4.79 Å². The van der Waals surface area contributed by atoms with Gasteiger partial charge < -0.3 is 5.32 Å². The van der Waals surface area contributed by atoms with Crippen LogP contribution >= 0.6 is 0 Å². The number of hydrogen-bond donors (Lipinski definition) is 1. The number of hydrogen-bond acceptors (Lipinski definition) is 1. The summed E-state index contributed by atoms with van der Waals surface area (Å²) in [5, 5.41) is 3.32. The van der Waals surface area contributed by atoms with Crippen molar-refractivity contribution in [2.45, 2.75) is 51.0 Å². The van der Waals surface area contributed by atoms with Gasteiger partial charge in [0.2, 0.25) is 5.91 Å². The summed E-state index contributed by atoms with van der Waals surface area (Å²) in [6.07, 6.45) is 4.77. The Hall–Kier alpha value is -1.31. The lowest BCUT2D eigenvalue weighted by atomic mass is 9.71. The van der Waals surface area contributed by atoms with Crippen LogP contribution in [-0.4, -0.2) is 11.4 Å². The van der Waals surface area contributed by atoms with Crippen LogP contribution in [0, 0.1) is 17.8 Å². The number of benzene rings is 1. The average Bonchev–Trinajstić information content (AvgIpc) is 2.97. The van der Waals surface area contributed by atoms with Crippen molar-refractivity contribution in [2.24, 2.45) is 17.8 Å². The third-order valence-electron chi connectivity index (χ3n) is 5.73. The summed E-state index contributed by atoms with van der Waals surface area (Å²) in [5.41, 5.74) is 2.77. The molecule has 2 saturated carbocycles. The fourth-order valence-corrected chi connectivity index (χ4v) is 5.07. The molecule has 20 heavy (non-hydrogen) atoms. The maximum atomic E-state index is 12.8. The molecule has 1 aromatic carbocycles. The van der Waals surface area contributed by atoms with Crippen LogP contribution in [0.2, 0.25) is 0 Å². The normalized spacial score (nSPS) is 37.6. The molecule has 0 aromatic heterocycles. The summed E-state index contributed by atoms with van der Waals surface area (Å²) in [7, 11) is 0. The van der Waals surface area contributed by atoms with Crippen LogP contribution in [0.1, 0.15) is 50.2 Å². The Bertz CT molecular complexity index is 562. The second-order valence-corrected chi connectivity index (χ2v) is 7.63. The lowest BCUT2D eigenvalue weighted by molar-refractivity contribution is -0.129. The van der Waals surface area contributed by atoms with Gasteiger partial charge in [0.25, 0.3) is 0 Å². The van der Waals surface area contributed by atoms with Gasteiger partial charge in [-0.05, 0) is 68.4 Å². The molecule has 2 heteroatoms. The van der Waals surface area contributed by atoms with Crippen LogP contribution in [-0.2, 0) is 11.2 Å². The van der Waals surface area contributed by atoms with Crippen LogP contribution in [0.3, 0.4) is 0 Å². The third kappa shape index (κ3) is 1.73. The lowest BCUT2D eigenvalue weighted by Gasteiger charge is -2.39. The number of amides is 1. The van der Waals surface area contributed by atoms with Crippen LogP contribution in [0.15, 0.2) is 24.3 Å². The molecular formula is C18H23NO. The molecule has 1 aromatic rings. The molecule has 3 aliphatic rings. The molecule has 2 fully saturated rings. The van der Waals surface area contributed by atoms with Gasteiger partial charge in [0.05, 0.1) is 0 Å². The van der Waals surface area contributed by atoms with Gasteiger partial charge in [-0.1, -0.05) is 24.3 Å². The second kappa shape index (κ2) is 4.09. The molecule has 0 radical (unpaired) electrons. The molecule has 2 aliphatic carbocycles. The molecule has 1 N–H and O–H groups in total. The van der Waals surface area contributed by atoms with Gasteiger partial charge in [-0.2, -0.15) is 0 Å². The van der Waals surface area contributed by atoms with Crippen molar-refractivity contribution in [3.63, 3.8) is 0 Å². The predicted molar refractivity (Wildman–Crippen MR) is 79.4 cm³/mol. The zero-order valence-electron chi connectivity index (χ0n) is 12.4. The van der Waals surface area contributed by atoms with Crippen molar-refractivity contribution in [2.75, 3.05) is 0 Å². The van der Waals surface area contributed by atoms with Crippen molar-refractivity contribution in [3.05, 3.63) is 35.4 Å². The maximum absolute atomic E-state index is 12.8. The van der Waals surface area contributed by atoms with E-state index in [9.17, 15) is 4.79 Å². The summed E-state index contributed by atoms with van der Waals surface area (Å²) in [6.45, 7) is 4.30. The van der Waals surface area contributed by atoms with Crippen molar-refractivity contribution >= 4 is 5.91 Å². The first-order valence-electron chi connectivity index (χ1n) is 7.95. The molecule has 2 bridgehead atoms. The minimum Gasteiger partial charge on any atom is -0.351 e. The smallest absolute Gasteiger partial charge is 0.224 e.